The molecule has 1 aromatic carbocycles. The van der Waals surface area contributed by atoms with Gasteiger partial charge in [0, 0.05) is 6.61 Å². The van der Waals surface area contributed by atoms with E-state index in [-0.39, 0.29) is 12.5 Å². The summed E-state index contributed by atoms with van der Waals surface area (Å²) >= 11 is 0. The molecule has 0 bridgehead atoms. The summed E-state index contributed by atoms with van der Waals surface area (Å²) in [6.45, 7) is 5.51. The van der Waals surface area contributed by atoms with Crippen LogP contribution in [-0.2, 0) is 6.42 Å². The zero-order valence-corrected chi connectivity index (χ0v) is 12.8. The third-order valence-corrected chi connectivity index (χ3v) is 3.59. The maximum Gasteiger partial charge on any atom is 0.161 e. The fraction of sp³-hybridized carbons (Fsp3) is 0.625. The van der Waals surface area contributed by atoms with Crippen LogP contribution in [0.4, 0.5) is 0 Å². The number of benzene rings is 1. The van der Waals surface area contributed by atoms with Crippen molar-refractivity contribution in [2.75, 3.05) is 26.9 Å². The summed E-state index contributed by atoms with van der Waals surface area (Å²) in [4.78, 5) is 0. The summed E-state index contributed by atoms with van der Waals surface area (Å²) in [5.74, 6) is 2.01. The Balaban J connectivity index is 2.76. The fourth-order valence-corrected chi connectivity index (χ4v) is 2.20. The summed E-state index contributed by atoms with van der Waals surface area (Å²) in [5, 5.41) is 9.29. The highest BCUT2D eigenvalue weighted by atomic mass is 16.5. The first-order chi connectivity index (χ1) is 9.65. The van der Waals surface area contributed by atoms with Crippen LogP contribution in [-0.4, -0.2) is 32.0 Å². The number of rotatable bonds is 9. The van der Waals surface area contributed by atoms with Crippen LogP contribution in [0.2, 0.25) is 0 Å². The van der Waals surface area contributed by atoms with Gasteiger partial charge in [0.05, 0.1) is 13.7 Å². The summed E-state index contributed by atoms with van der Waals surface area (Å²) in [7, 11) is 1.65. The second kappa shape index (κ2) is 8.82. The second-order valence-corrected chi connectivity index (χ2v) is 5.19. The Hall–Kier alpha value is -1.26. The quantitative estimate of drug-likeness (QED) is 0.728. The van der Waals surface area contributed by atoms with Crippen molar-refractivity contribution in [3.8, 4) is 11.5 Å². The number of hydrogen-bond acceptors (Lipinski definition) is 4. The van der Waals surface area contributed by atoms with Crippen LogP contribution in [0.3, 0.4) is 0 Å². The Morgan fingerprint density at radius 2 is 2.05 bits per heavy atom. The van der Waals surface area contributed by atoms with Crippen LogP contribution < -0.4 is 15.2 Å². The topological polar surface area (TPSA) is 64.7 Å². The molecule has 0 aliphatic rings. The largest absolute Gasteiger partial charge is 0.493 e. The minimum absolute atomic E-state index is 0.131. The summed E-state index contributed by atoms with van der Waals surface area (Å²) in [6.07, 6.45) is 1.84. The van der Waals surface area contributed by atoms with Gasteiger partial charge in [-0.3, -0.25) is 0 Å². The monoisotopic (exact) mass is 281 g/mol. The van der Waals surface area contributed by atoms with E-state index >= 15 is 0 Å². The molecule has 0 spiro atoms. The van der Waals surface area contributed by atoms with Crippen LogP contribution >= 0.6 is 0 Å². The molecule has 0 aliphatic heterocycles. The predicted molar refractivity (Wildman–Crippen MR) is 81.3 cm³/mol. The molecule has 0 heterocycles. The number of aliphatic hydroxyl groups excluding tert-OH is 1. The van der Waals surface area contributed by atoms with Crippen LogP contribution in [0.1, 0.15) is 25.8 Å². The van der Waals surface area contributed by atoms with Crippen LogP contribution in [0.5, 0.6) is 11.5 Å². The predicted octanol–water partition coefficient (Wildman–Crippen LogP) is 2.23. The van der Waals surface area contributed by atoms with E-state index in [1.54, 1.807) is 7.11 Å². The Bertz CT molecular complexity index is 391. The number of ether oxygens (including phenoxy) is 2. The minimum atomic E-state index is 0.131. The Morgan fingerprint density at radius 3 is 2.60 bits per heavy atom. The standard InChI is InChI=1S/C16H27NO3/c1-4-7-20-15-6-5-13(9-16(15)19-3)8-12(2)14(10-17)11-18/h5-6,9,12,14,18H,4,7-8,10-11,17H2,1-3H3. The molecule has 0 aliphatic carbocycles. The number of aliphatic hydroxyl groups is 1. The van der Waals surface area contributed by atoms with Gasteiger partial charge in [-0.05, 0) is 48.9 Å². The zero-order valence-electron chi connectivity index (χ0n) is 12.8. The summed E-state index contributed by atoms with van der Waals surface area (Å²) in [5.41, 5.74) is 6.84. The van der Waals surface area contributed by atoms with E-state index in [9.17, 15) is 5.11 Å². The van der Waals surface area contributed by atoms with Crippen molar-refractivity contribution in [3.63, 3.8) is 0 Å². The smallest absolute Gasteiger partial charge is 0.161 e. The lowest BCUT2D eigenvalue weighted by atomic mass is 9.89. The molecule has 1 rings (SSSR count). The highest BCUT2D eigenvalue weighted by Gasteiger charge is 2.16. The van der Waals surface area contributed by atoms with E-state index in [4.69, 9.17) is 15.2 Å². The highest BCUT2D eigenvalue weighted by molar-refractivity contribution is 5.43. The Labute approximate surface area is 121 Å². The van der Waals surface area contributed by atoms with Crippen molar-refractivity contribution in [3.05, 3.63) is 23.8 Å². The minimum Gasteiger partial charge on any atom is -0.493 e. The van der Waals surface area contributed by atoms with Gasteiger partial charge in [0.2, 0.25) is 0 Å². The van der Waals surface area contributed by atoms with Crippen molar-refractivity contribution < 1.29 is 14.6 Å². The van der Waals surface area contributed by atoms with Crippen molar-refractivity contribution in [1.82, 2.24) is 0 Å². The van der Waals surface area contributed by atoms with E-state index in [2.05, 4.69) is 19.9 Å². The van der Waals surface area contributed by atoms with E-state index in [1.165, 1.54) is 5.56 Å². The third kappa shape index (κ3) is 4.69. The van der Waals surface area contributed by atoms with Gasteiger partial charge < -0.3 is 20.3 Å². The van der Waals surface area contributed by atoms with Gasteiger partial charge in [-0.15, -0.1) is 0 Å². The van der Waals surface area contributed by atoms with E-state index in [0.29, 0.717) is 19.1 Å². The van der Waals surface area contributed by atoms with Crippen LogP contribution in [0.25, 0.3) is 0 Å². The molecular formula is C16H27NO3. The molecule has 4 heteroatoms. The lowest BCUT2D eigenvalue weighted by Gasteiger charge is -2.21. The molecule has 2 atom stereocenters. The molecule has 0 saturated carbocycles. The van der Waals surface area contributed by atoms with E-state index < -0.39 is 0 Å². The maximum absolute atomic E-state index is 9.29. The lowest BCUT2D eigenvalue weighted by molar-refractivity contribution is 0.187. The Kier molecular flexibility index (Phi) is 7.41. The van der Waals surface area contributed by atoms with Gasteiger partial charge in [0.25, 0.3) is 0 Å². The van der Waals surface area contributed by atoms with Gasteiger partial charge in [-0.2, -0.15) is 0 Å². The first-order valence-electron chi connectivity index (χ1n) is 7.26. The van der Waals surface area contributed by atoms with Gasteiger partial charge in [0.15, 0.2) is 11.5 Å². The molecule has 0 aromatic heterocycles. The average molecular weight is 281 g/mol. The molecule has 3 N–H and O–H groups in total. The highest BCUT2D eigenvalue weighted by Crippen LogP contribution is 2.29. The maximum atomic E-state index is 9.29. The van der Waals surface area contributed by atoms with Crippen molar-refractivity contribution in [1.29, 1.82) is 0 Å². The lowest BCUT2D eigenvalue weighted by Crippen LogP contribution is -2.26. The molecular weight excluding hydrogens is 254 g/mol. The SMILES string of the molecule is CCCOc1ccc(CC(C)C(CN)CO)cc1OC. The molecule has 114 valence electrons. The first kappa shape index (κ1) is 16.8. The summed E-state index contributed by atoms with van der Waals surface area (Å²) < 4.78 is 11.0. The van der Waals surface area contributed by atoms with Crippen molar-refractivity contribution >= 4 is 0 Å². The van der Waals surface area contributed by atoms with Gasteiger partial charge in [0.1, 0.15) is 0 Å². The first-order valence-corrected chi connectivity index (χ1v) is 7.26. The second-order valence-electron chi connectivity index (χ2n) is 5.19. The van der Waals surface area contributed by atoms with Gasteiger partial charge in [-0.25, -0.2) is 0 Å². The van der Waals surface area contributed by atoms with Gasteiger partial charge in [-0.1, -0.05) is 19.9 Å². The number of methoxy groups -OCH3 is 1. The van der Waals surface area contributed by atoms with E-state index in [1.807, 2.05) is 12.1 Å². The zero-order chi connectivity index (χ0) is 15.0. The molecule has 0 radical (unpaired) electrons. The number of hydrogen-bond donors (Lipinski definition) is 2. The molecule has 2 unspecified atom stereocenters. The molecule has 20 heavy (non-hydrogen) atoms. The normalized spacial score (nSPS) is 13.8. The van der Waals surface area contributed by atoms with Crippen molar-refractivity contribution in [2.45, 2.75) is 26.7 Å². The van der Waals surface area contributed by atoms with Crippen LogP contribution in [0, 0.1) is 11.8 Å². The third-order valence-electron chi connectivity index (χ3n) is 3.59. The summed E-state index contributed by atoms with van der Waals surface area (Å²) in [6, 6.07) is 6.01. The fourth-order valence-electron chi connectivity index (χ4n) is 2.20. The molecule has 0 saturated heterocycles. The molecule has 1 aromatic rings. The molecule has 4 nitrogen and oxygen atoms in total. The molecule has 0 fully saturated rings. The van der Waals surface area contributed by atoms with Gasteiger partial charge >= 0.3 is 0 Å². The van der Waals surface area contributed by atoms with Crippen molar-refractivity contribution in [2.24, 2.45) is 17.6 Å². The molecule has 0 amide bonds. The Morgan fingerprint density at radius 1 is 1.30 bits per heavy atom. The number of nitrogens with two attached hydrogens (primary N) is 1. The average Bonchev–Trinajstić information content (AvgIpc) is 2.47. The van der Waals surface area contributed by atoms with E-state index in [0.717, 1.165) is 24.3 Å². The van der Waals surface area contributed by atoms with Crippen LogP contribution in [0.15, 0.2) is 18.2 Å².